The highest BCUT2D eigenvalue weighted by Crippen LogP contribution is 2.42. The van der Waals surface area contributed by atoms with E-state index in [0.29, 0.717) is 5.17 Å². The second-order valence-corrected chi connectivity index (χ2v) is 10.3. The van der Waals surface area contributed by atoms with Crippen LogP contribution in [-0.2, 0) is 14.6 Å². The van der Waals surface area contributed by atoms with Crippen molar-refractivity contribution in [2.75, 3.05) is 16.4 Å². The maximum atomic E-state index is 12.4. The maximum Gasteiger partial charge on any atom is 0.250 e. The average Bonchev–Trinajstić information content (AvgIpc) is 3.00. The van der Waals surface area contributed by atoms with Gasteiger partial charge in [0.05, 0.1) is 17.5 Å². The summed E-state index contributed by atoms with van der Waals surface area (Å²) in [4.78, 5) is 18.7. The first-order chi connectivity index (χ1) is 11.7. The van der Waals surface area contributed by atoms with Crippen LogP contribution in [0.15, 0.2) is 23.2 Å². The quantitative estimate of drug-likeness (QED) is 0.806. The lowest BCUT2D eigenvalue weighted by atomic mass is 10.1. The third kappa shape index (κ3) is 3.49. The van der Waals surface area contributed by atoms with Gasteiger partial charge in [-0.15, -0.1) is 0 Å². The Bertz CT molecular complexity index is 833. The van der Waals surface area contributed by atoms with Crippen molar-refractivity contribution in [2.45, 2.75) is 45.4 Å². The number of benzene rings is 1. The van der Waals surface area contributed by atoms with E-state index in [1.54, 1.807) is 0 Å². The topological polar surface area (TPSA) is 66.8 Å². The average molecular weight is 381 g/mol. The predicted molar refractivity (Wildman–Crippen MR) is 104 cm³/mol. The van der Waals surface area contributed by atoms with Gasteiger partial charge in [-0.05, 0) is 37.5 Å². The summed E-state index contributed by atoms with van der Waals surface area (Å²) in [6.45, 7) is 7.90. The Kier molecular flexibility index (Phi) is 4.99. The Morgan fingerprint density at radius 1 is 1.36 bits per heavy atom. The number of aryl methyl sites for hydroxylation is 1. The summed E-state index contributed by atoms with van der Waals surface area (Å²) in [5, 5.41) is 0.581. The third-order valence-electron chi connectivity index (χ3n) is 5.14. The summed E-state index contributed by atoms with van der Waals surface area (Å²) >= 11 is 1.43. The second-order valence-electron chi connectivity index (χ2n) is 6.93. The first-order valence-corrected chi connectivity index (χ1v) is 11.3. The summed E-state index contributed by atoms with van der Waals surface area (Å²) in [6.07, 6.45) is 0.741. The van der Waals surface area contributed by atoms with Crippen LogP contribution in [0.5, 0.6) is 0 Å². The van der Waals surface area contributed by atoms with Crippen LogP contribution in [-0.4, -0.2) is 42.3 Å². The van der Waals surface area contributed by atoms with Crippen molar-refractivity contribution in [1.29, 1.82) is 0 Å². The Hall–Kier alpha value is -1.34. The van der Waals surface area contributed by atoms with E-state index in [2.05, 4.69) is 4.99 Å². The highest BCUT2D eigenvalue weighted by atomic mass is 32.2. The van der Waals surface area contributed by atoms with Crippen molar-refractivity contribution in [3.8, 4) is 0 Å². The number of amidine groups is 1. The molecule has 2 aliphatic rings. The number of fused-ring (bicyclic) bond motifs is 1. The van der Waals surface area contributed by atoms with Crippen LogP contribution < -0.4 is 4.90 Å². The Labute approximate surface area is 153 Å². The molecule has 2 fully saturated rings. The Morgan fingerprint density at radius 2 is 2.08 bits per heavy atom. The molecular weight excluding hydrogens is 356 g/mol. The summed E-state index contributed by atoms with van der Waals surface area (Å²) in [5.41, 5.74) is 3.18. The maximum absolute atomic E-state index is 12.4. The molecule has 0 spiro atoms. The van der Waals surface area contributed by atoms with Gasteiger partial charge in [0.15, 0.2) is 15.0 Å². The minimum Gasteiger partial charge on any atom is -0.315 e. The fraction of sp³-hybridized carbons (Fsp3) is 0.556. The lowest BCUT2D eigenvalue weighted by molar-refractivity contribution is -0.121. The van der Waals surface area contributed by atoms with Gasteiger partial charge in [0.2, 0.25) is 0 Å². The van der Waals surface area contributed by atoms with E-state index in [-0.39, 0.29) is 34.6 Å². The standard InChI is InChI=1S/C18H24N2O3S2/c1-5-11(2)17(21)19-18-20(14-8-6-7-12(3)13(14)4)15-9-25(22,23)10-16(15)24-18/h6-8,11,15-16H,5,9-10H2,1-4H3/t11-,15+,16-/m0/s1. The molecule has 2 saturated heterocycles. The lowest BCUT2D eigenvalue weighted by Crippen LogP contribution is -2.38. The molecule has 1 amide bonds. The van der Waals surface area contributed by atoms with Gasteiger partial charge in [-0.25, -0.2) is 8.42 Å². The van der Waals surface area contributed by atoms with Crippen molar-refractivity contribution in [3.05, 3.63) is 29.3 Å². The van der Waals surface area contributed by atoms with Crippen LogP contribution in [0.1, 0.15) is 31.4 Å². The molecule has 5 nitrogen and oxygen atoms in total. The number of carbonyl (C=O) groups excluding carboxylic acids is 1. The van der Waals surface area contributed by atoms with E-state index in [4.69, 9.17) is 0 Å². The van der Waals surface area contributed by atoms with Crippen molar-refractivity contribution in [2.24, 2.45) is 10.9 Å². The molecule has 0 unspecified atom stereocenters. The molecule has 0 aliphatic carbocycles. The predicted octanol–water partition coefficient (Wildman–Crippen LogP) is 2.95. The monoisotopic (exact) mass is 380 g/mol. The van der Waals surface area contributed by atoms with Crippen LogP contribution in [0, 0.1) is 19.8 Å². The molecule has 25 heavy (non-hydrogen) atoms. The van der Waals surface area contributed by atoms with Crippen LogP contribution >= 0.6 is 11.8 Å². The van der Waals surface area contributed by atoms with Gasteiger partial charge in [-0.2, -0.15) is 4.99 Å². The normalized spacial score (nSPS) is 27.5. The molecule has 7 heteroatoms. The zero-order valence-electron chi connectivity index (χ0n) is 15.0. The summed E-state index contributed by atoms with van der Waals surface area (Å²) in [5.74, 6) is 0.00956. The van der Waals surface area contributed by atoms with E-state index < -0.39 is 9.84 Å². The molecule has 2 aliphatic heterocycles. The van der Waals surface area contributed by atoms with Gasteiger partial charge in [-0.1, -0.05) is 37.7 Å². The number of hydrogen-bond donors (Lipinski definition) is 0. The molecular formula is C18H24N2O3S2. The molecule has 0 N–H and O–H groups in total. The minimum atomic E-state index is -3.04. The molecule has 0 aromatic heterocycles. The number of hydrogen-bond acceptors (Lipinski definition) is 4. The lowest BCUT2D eigenvalue weighted by Gasteiger charge is -2.27. The zero-order chi connectivity index (χ0) is 18.4. The van der Waals surface area contributed by atoms with E-state index in [1.165, 1.54) is 11.8 Å². The Morgan fingerprint density at radius 3 is 2.76 bits per heavy atom. The van der Waals surface area contributed by atoms with Crippen molar-refractivity contribution < 1.29 is 13.2 Å². The summed E-state index contributed by atoms with van der Waals surface area (Å²) in [7, 11) is -3.04. The van der Waals surface area contributed by atoms with Gasteiger partial charge in [0.1, 0.15) is 0 Å². The first-order valence-electron chi connectivity index (χ1n) is 8.58. The number of nitrogens with zero attached hydrogens (tertiary/aromatic N) is 2. The second kappa shape index (κ2) is 6.76. The number of thioether (sulfide) groups is 1. The number of rotatable bonds is 3. The largest absolute Gasteiger partial charge is 0.315 e. The molecule has 3 rings (SSSR count). The minimum absolute atomic E-state index is 0.0617. The number of anilines is 1. The molecule has 0 radical (unpaired) electrons. The summed E-state index contributed by atoms with van der Waals surface area (Å²) < 4.78 is 24.2. The highest BCUT2D eigenvalue weighted by Gasteiger charge is 2.49. The Balaban J connectivity index is 2.06. The van der Waals surface area contributed by atoms with Gasteiger partial charge >= 0.3 is 0 Å². The van der Waals surface area contributed by atoms with E-state index in [9.17, 15) is 13.2 Å². The molecule has 1 aromatic carbocycles. The molecule has 136 valence electrons. The number of amides is 1. The molecule has 2 heterocycles. The van der Waals surface area contributed by atoms with Gasteiger partial charge in [0, 0.05) is 16.9 Å². The smallest absolute Gasteiger partial charge is 0.250 e. The number of carbonyl (C=O) groups is 1. The van der Waals surface area contributed by atoms with Crippen LogP contribution in [0.25, 0.3) is 0 Å². The van der Waals surface area contributed by atoms with Crippen molar-refractivity contribution >= 4 is 38.4 Å². The SMILES string of the molecule is CC[C@H](C)C(=O)N=C1S[C@H]2CS(=O)(=O)C[C@H]2N1c1cccc(C)c1C. The molecule has 1 aromatic rings. The van der Waals surface area contributed by atoms with Crippen LogP contribution in [0.3, 0.4) is 0 Å². The summed E-state index contributed by atoms with van der Waals surface area (Å²) in [6, 6.07) is 5.83. The van der Waals surface area contributed by atoms with E-state index >= 15 is 0 Å². The van der Waals surface area contributed by atoms with E-state index in [0.717, 1.165) is 23.2 Å². The van der Waals surface area contributed by atoms with Gasteiger partial charge in [-0.3, -0.25) is 4.79 Å². The third-order valence-corrected chi connectivity index (χ3v) is 8.35. The molecule has 0 bridgehead atoms. The fourth-order valence-corrected chi connectivity index (χ4v) is 7.13. The first kappa shape index (κ1) is 18.5. The van der Waals surface area contributed by atoms with Crippen molar-refractivity contribution in [1.82, 2.24) is 0 Å². The van der Waals surface area contributed by atoms with Gasteiger partial charge in [0.25, 0.3) is 5.91 Å². The fourth-order valence-electron chi connectivity index (χ4n) is 3.22. The highest BCUT2D eigenvalue weighted by molar-refractivity contribution is 8.16. The number of aliphatic imine (C=N–C) groups is 1. The van der Waals surface area contributed by atoms with E-state index in [1.807, 2.05) is 50.8 Å². The van der Waals surface area contributed by atoms with Crippen LogP contribution in [0.2, 0.25) is 0 Å². The molecule has 3 atom stereocenters. The molecule has 0 saturated carbocycles. The van der Waals surface area contributed by atoms with Crippen molar-refractivity contribution in [3.63, 3.8) is 0 Å². The van der Waals surface area contributed by atoms with Gasteiger partial charge < -0.3 is 4.90 Å². The number of sulfone groups is 1. The zero-order valence-corrected chi connectivity index (χ0v) is 16.7. The van der Waals surface area contributed by atoms with Crippen LogP contribution in [0.4, 0.5) is 5.69 Å².